The molecule has 0 N–H and O–H groups in total. The average Bonchev–Trinajstić information content (AvgIpc) is 2.84. The highest BCUT2D eigenvalue weighted by Gasteiger charge is 2.24. The normalized spacial score (nSPS) is 15.9. The lowest BCUT2D eigenvalue weighted by Gasteiger charge is -1.99. The molecule has 0 aromatic heterocycles. The molecule has 0 fully saturated rings. The summed E-state index contributed by atoms with van der Waals surface area (Å²) in [7, 11) is 0. The Bertz CT molecular complexity index is 808. The van der Waals surface area contributed by atoms with Gasteiger partial charge in [-0.15, -0.1) is 0 Å². The molecule has 110 valence electrons. The van der Waals surface area contributed by atoms with Crippen LogP contribution in [0.3, 0.4) is 0 Å². The van der Waals surface area contributed by atoms with Crippen molar-refractivity contribution in [3.63, 3.8) is 0 Å². The Morgan fingerprint density at radius 1 is 1.09 bits per heavy atom. The van der Waals surface area contributed by atoms with E-state index in [4.69, 9.17) is 4.74 Å². The summed E-state index contributed by atoms with van der Waals surface area (Å²) in [4.78, 5) is 15.9. The molecule has 5 heteroatoms. The van der Waals surface area contributed by atoms with Crippen LogP contribution in [0.1, 0.15) is 16.7 Å². The van der Waals surface area contributed by atoms with Crippen molar-refractivity contribution in [2.45, 2.75) is 6.92 Å². The number of hydrogen-bond donors (Lipinski definition) is 0. The van der Waals surface area contributed by atoms with Crippen molar-refractivity contribution in [3.8, 4) is 0 Å². The third-order valence-electron chi connectivity index (χ3n) is 3.17. The van der Waals surface area contributed by atoms with Gasteiger partial charge in [-0.25, -0.2) is 18.6 Å². The third-order valence-corrected chi connectivity index (χ3v) is 3.17. The zero-order valence-electron chi connectivity index (χ0n) is 11.6. The fourth-order valence-electron chi connectivity index (χ4n) is 1.99. The summed E-state index contributed by atoms with van der Waals surface area (Å²) in [5, 5.41) is 0. The first-order chi connectivity index (χ1) is 10.5. The number of cyclic esters (lactones) is 1. The standard InChI is InChI=1S/C17H11F2NO2/c1-10-2-4-11(5-3-10)16-20-15(17(21)22-16)8-12-6-7-13(18)9-14(12)19/h2-9H,1H3/b15-8+. The maximum atomic E-state index is 13.6. The van der Waals surface area contributed by atoms with Crippen molar-refractivity contribution in [1.29, 1.82) is 0 Å². The Labute approximate surface area is 125 Å². The molecule has 0 radical (unpaired) electrons. The van der Waals surface area contributed by atoms with Gasteiger partial charge in [-0.2, -0.15) is 0 Å². The van der Waals surface area contributed by atoms with E-state index in [1.807, 2.05) is 19.1 Å². The third kappa shape index (κ3) is 2.79. The predicted molar refractivity (Wildman–Crippen MR) is 78.1 cm³/mol. The molecule has 0 atom stereocenters. The van der Waals surface area contributed by atoms with Gasteiger partial charge in [0.1, 0.15) is 11.6 Å². The molecule has 0 saturated carbocycles. The van der Waals surface area contributed by atoms with Gasteiger partial charge >= 0.3 is 5.97 Å². The monoisotopic (exact) mass is 299 g/mol. The topological polar surface area (TPSA) is 38.7 Å². The number of aliphatic imine (C=N–C) groups is 1. The van der Waals surface area contributed by atoms with Crippen molar-refractivity contribution < 1.29 is 18.3 Å². The van der Waals surface area contributed by atoms with E-state index < -0.39 is 17.6 Å². The molecule has 1 aliphatic heterocycles. The highest BCUT2D eigenvalue weighted by molar-refractivity contribution is 6.12. The van der Waals surface area contributed by atoms with Gasteiger partial charge in [-0.3, -0.25) is 0 Å². The zero-order valence-corrected chi connectivity index (χ0v) is 11.6. The first kappa shape index (κ1) is 14.1. The van der Waals surface area contributed by atoms with Crippen molar-refractivity contribution >= 4 is 17.9 Å². The minimum atomic E-state index is -0.765. The minimum Gasteiger partial charge on any atom is -0.402 e. The summed E-state index contributed by atoms with van der Waals surface area (Å²) in [6, 6.07) is 10.4. The van der Waals surface area contributed by atoms with Gasteiger partial charge in [0, 0.05) is 17.2 Å². The molecule has 1 aliphatic rings. The molecule has 2 aromatic rings. The number of carbonyl (C=O) groups is 1. The number of ether oxygens (including phenoxy) is 1. The highest BCUT2D eigenvalue weighted by atomic mass is 19.1. The molecule has 22 heavy (non-hydrogen) atoms. The Balaban J connectivity index is 1.95. The number of esters is 1. The molecule has 2 aromatic carbocycles. The lowest BCUT2D eigenvalue weighted by atomic mass is 10.1. The van der Waals surface area contributed by atoms with Gasteiger partial charge in [0.15, 0.2) is 5.70 Å². The van der Waals surface area contributed by atoms with Gasteiger partial charge in [0.25, 0.3) is 0 Å². The molecule has 0 aliphatic carbocycles. The van der Waals surface area contributed by atoms with Crippen molar-refractivity contribution in [2.24, 2.45) is 4.99 Å². The van der Waals surface area contributed by atoms with E-state index in [9.17, 15) is 13.6 Å². The van der Waals surface area contributed by atoms with E-state index in [0.29, 0.717) is 5.56 Å². The maximum absolute atomic E-state index is 13.6. The Kier molecular flexibility index (Phi) is 3.55. The summed E-state index contributed by atoms with van der Waals surface area (Å²) in [6.45, 7) is 1.94. The second-order valence-electron chi connectivity index (χ2n) is 4.87. The Morgan fingerprint density at radius 3 is 2.50 bits per heavy atom. The molecular formula is C17H11F2NO2. The van der Waals surface area contributed by atoms with Crippen LogP contribution in [-0.2, 0) is 9.53 Å². The average molecular weight is 299 g/mol. The second kappa shape index (κ2) is 5.52. The Hall–Kier alpha value is -2.82. The highest BCUT2D eigenvalue weighted by Crippen LogP contribution is 2.21. The van der Waals surface area contributed by atoms with Crippen molar-refractivity contribution in [1.82, 2.24) is 0 Å². The number of benzene rings is 2. The van der Waals surface area contributed by atoms with Crippen LogP contribution in [0.15, 0.2) is 53.2 Å². The first-order valence-electron chi connectivity index (χ1n) is 6.57. The number of nitrogens with zero attached hydrogens (tertiary/aromatic N) is 1. The fraction of sp³-hybridized carbons (Fsp3) is 0.0588. The SMILES string of the molecule is Cc1ccc(C2=N/C(=C/c3ccc(F)cc3F)C(=O)O2)cc1. The molecule has 0 amide bonds. The first-order valence-corrected chi connectivity index (χ1v) is 6.57. The van der Waals surface area contributed by atoms with E-state index in [1.165, 1.54) is 12.1 Å². The summed E-state index contributed by atoms with van der Waals surface area (Å²) >= 11 is 0. The largest absolute Gasteiger partial charge is 0.402 e. The van der Waals surface area contributed by atoms with E-state index in [0.717, 1.165) is 17.7 Å². The summed E-state index contributed by atoms with van der Waals surface area (Å²) in [5.41, 5.74) is 1.77. The van der Waals surface area contributed by atoms with Gasteiger partial charge in [0.05, 0.1) is 0 Å². The zero-order chi connectivity index (χ0) is 15.7. The van der Waals surface area contributed by atoms with Gasteiger partial charge in [0.2, 0.25) is 5.90 Å². The van der Waals surface area contributed by atoms with Crippen LogP contribution < -0.4 is 0 Å². The number of carbonyl (C=O) groups excluding carboxylic acids is 1. The van der Waals surface area contributed by atoms with Crippen LogP contribution in [-0.4, -0.2) is 11.9 Å². The Morgan fingerprint density at radius 2 is 1.82 bits per heavy atom. The van der Waals surface area contributed by atoms with Gasteiger partial charge < -0.3 is 4.74 Å². The molecular weight excluding hydrogens is 288 g/mol. The predicted octanol–water partition coefficient (Wildman–Crippen LogP) is 3.62. The number of aryl methyl sites for hydroxylation is 1. The molecule has 0 bridgehead atoms. The van der Waals surface area contributed by atoms with Crippen LogP contribution in [0.4, 0.5) is 8.78 Å². The lowest BCUT2D eigenvalue weighted by Crippen LogP contribution is -2.05. The second-order valence-corrected chi connectivity index (χ2v) is 4.87. The molecule has 0 spiro atoms. The van der Waals surface area contributed by atoms with Gasteiger partial charge in [-0.05, 0) is 37.3 Å². The van der Waals surface area contributed by atoms with Gasteiger partial charge in [-0.1, -0.05) is 17.7 Å². The van der Waals surface area contributed by atoms with Crippen molar-refractivity contribution in [3.05, 3.63) is 76.5 Å². The van der Waals surface area contributed by atoms with Crippen LogP contribution in [0.25, 0.3) is 6.08 Å². The quantitative estimate of drug-likeness (QED) is 0.627. The number of halogens is 2. The summed E-state index contributed by atoms with van der Waals surface area (Å²) < 4.78 is 31.6. The molecule has 1 heterocycles. The minimum absolute atomic E-state index is 0.0268. The number of rotatable bonds is 2. The van der Waals surface area contributed by atoms with Crippen molar-refractivity contribution in [2.75, 3.05) is 0 Å². The molecule has 0 saturated heterocycles. The van der Waals surface area contributed by atoms with Crippen LogP contribution in [0.2, 0.25) is 0 Å². The smallest absolute Gasteiger partial charge is 0.363 e. The fourth-order valence-corrected chi connectivity index (χ4v) is 1.99. The summed E-state index contributed by atoms with van der Waals surface area (Å²) in [5.74, 6) is -1.95. The lowest BCUT2D eigenvalue weighted by molar-refractivity contribution is -0.129. The van der Waals surface area contributed by atoms with E-state index in [-0.39, 0.29) is 17.2 Å². The number of hydrogen-bond acceptors (Lipinski definition) is 3. The van der Waals surface area contributed by atoms with E-state index >= 15 is 0 Å². The van der Waals surface area contributed by atoms with Crippen LogP contribution >= 0.6 is 0 Å². The molecule has 0 unspecified atom stereocenters. The molecule has 3 rings (SSSR count). The van der Waals surface area contributed by atoms with E-state index in [2.05, 4.69) is 4.99 Å². The summed E-state index contributed by atoms with van der Waals surface area (Å²) in [6.07, 6.45) is 1.23. The van der Waals surface area contributed by atoms with Crippen LogP contribution in [0.5, 0.6) is 0 Å². The van der Waals surface area contributed by atoms with Crippen LogP contribution in [0, 0.1) is 18.6 Å². The molecule has 3 nitrogen and oxygen atoms in total. The van der Waals surface area contributed by atoms with E-state index in [1.54, 1.807) is 12.1 Å². The maximum Gasteiger partial charge on any atom is 0.363 e.